The molecule has 2 atom stereocenters. The average Bonchev–Trinajstić information content (AvgIpc) is 2.98. The van der Waals surface area contributed by atoms with E-state index >= 15 is 0 Å². The van der Waals surface area contributed by atoms with Crippen molar-refractivity contribution in [2.75, 3.05) is 39.9 Å². The van der Waals surface area contributed by atoms with Crippen LogP contribution in [-0.4, -0.2) is 73.8 Å². The second-order valence-electron chi connectivity index (χ2n) is 6.39. The molecule has 0 bridgehead atoms. The van der Waals surface area contributed by atoms with E-state index in [4.69, 9.17) is 9.26 Å². The van der Waals surface area contributed by atoms with Crippen LogP contribution in [0.1, 0.15) is 29.1 Å². The summed E-state index contributed by atoms with van der Waals surface area (Å²) in [6, 6.07) is 1.61. The summed E-state index contributed by atoms with van der Waals surface area (Å²) in [5.41, 5.74) is 0.282. The number of carbonyl (C=O) groups is 1. The number of methoxy groups -OCH3 is 1. The summed E-state index contributed by atoms with van der Waals surface area (Å²) in [6.45, 7) is 4.00. The summed E-state index contributed by atoms with van der Waals surface area (Å²) < 4.78 is 36.8. The zero-order valence-electron chi connectivity index (χ0n) is 14.0. The topological polar surface area (TPSA) is 92.9 Å². The molecular formula is C15H23N3O5S. The fourth-order valence-corrected chi connectivity index (χ4v) is 5.76. The normalized spacial score (nSPS) is 27.0. The maximum absolute atomic E-state index is 12.7. The quantitative estimate of drug-likeness (QED) is 0.779. The summed E-state index contributed by atoms with van der Waals surface area (Å²) in [4.78, 5) is 14.2. The number of nitrogens with zero attached hydrogens (tertiary/aromatic N) is 3. The second kappa shape index (κ2) is 6.81. The van der Waals surface area contributed by atoms with E-state index in [-0.39, 0.29) is 17.5 Å². The van der Waals surface area contributed by atoms with Crippen LogP contribution < -0.4 is 0 Å². The van der Waals surface area contributed by atoms with Gasteiger partial charge in [0.1, 0.15) is 5.76 Å². The highest BCUT2D eigenvalue weighted by Crippen LogP contribution is 2.34. The summed E-state index contributed by atoms with van der Waals surface area (Å²) >= 11 is 0. The molecule has 9 heteroatoms. The van der Waals surface area contributed by atoms with Crippen LogP contribution in [0.25, 0.3) is 0 Å². The van der Waals surface area contributed by atoms with Crippen LogP contribution in [0.5, 0.6) is 0 Å². The number of aryl methyl sites for hydroxylation is 1. The minimum absolute atomic E-state index is 0.0590. The third-order valence-electron chi connectivity index (χ3n) is 4.84. The van der Waals surface area contributed by atoms with Gasteiger partial charge in [-0.1, -0.05) is 5.16 Å². The molecular weight excluding hydrogens is 334 g/mol. The molecule has 134 valence electrons. The number of likely N-dealkylation sites (tertiary alicyclic amines) is 1. The van der Waals surface area contributed by atoms with Crippen LogP contribution in [0.15, 0.2) is 10.6 Å². The van der Waals surface area contributed by atoms with E-state index in [0.717, 1.165) is 0 Å². The van der Waals surface area contributed by atoms with Gasteiger partial charge in [0.2, 0.25) is 10.0 Å². The highest BCUT2D eigenvalue weighted by atomic mass is 32.2. The van der Waals surface area contributed by atoms with Crippen LogP contribution in [0.4, 0.5) is 0 Å². The first-order valence-corrected chi connectivity index (χ1v) is 9.64. The largest absolute Gasteiger partial charge is 0.383 e. The lowest BCUT2D eigenvalue weighted by molar-refractivity contribution is 0.0748. The van der Waals surface area contributed by atoms with Gasteiger partial charge in [0.05, 0.1) is 11.9 Å². The molecule has 0 N–H and O–H groups in total. The Morgan fingerprint density at radius 3 is 2.83 bits per heavy atom. The summed E-state index contributed by atoms with van der Waals surface area (Å²) in [5.74, 6) is 0.450. The van der Waals surface area contributed by atoms with Crippen LogP contribution in [0.2, 0.25) is 0 Å². The highest BCUT2D eigenvalue weighted by molar-refractivity contribution is 7.90. The zero-order valence-corrected chi connectivity index (χ0v) is 14.8. The average molecular weight is 357 g/mol. The molecule has 0 spiro atoms. The van der Waals surface area contributed by atoms with Gasteiger partial charge in [0.15, 0.2) is 5.69 Å². The monoisotopic (exact) mass is 357 g/mol. The molecule has 2 aliphatic heterocycles. The van der Waals surface area contributed by atoms with E-state index in [1.54, 1.807) is 25.0 Å². The number of hydrogen-bond donors (Lipinski definition) is 0. The van der Waals surface area contributed by atoms with Gasteiger partial charge in [-0.3, -0.25) is 4.79 Å². The third kappa shape index (κ3) is 3.20. The zero-order chi connectivity index (χ0) is 17.3. The molecule has 0 saturated carbocycles. The molecule has 24 heavy (non-hydrogen) atoms. The Morgan fingerprint density at radius 1 is 1.42 bits per heavy atom. The predicted octanol–water partition coefficient (Wildman–Crippen LogP) is 0.496. The van der Waals surface area contributed by atoms with Gasteiger partial charge >= 0.3 is 0 Å². The molecule has 1 aromatic heterocycles. The number of sulfonamides is 1. The Morgan fingerprint density at radius 2 is 2.17 bits per heavy atom. The van der Waals surface area contributed by atoms with E-state index in [2.05, 4.69) is 5.16 Å². The number of amides is 1. The fourth-order valence-electron chi connectivity index (χ4n) is 3.54. The molecule has 2 aliphatic rings. The molecule has 0 unspecified atom stereocenters. The van der Waals surface area contributed by atoms with Crippen molar-refractivity contribution in [2.45, 2.75) is 25.0 Å². The van der Waals surface area contributed by atoms with Crippen LogP contribution in [0, 0.1) is 12.8 Å². The van der Waals surface area contributed by atoms with E-state index in [9.17, 15) is 13.2 Å². The lowest BCUT2D eigenvalue weighted by atomic mass is 10.0. The highest BCUT2D eigenvalue weighted by Gasteiger charge is 2.47. The maximum atomic E-state index is 12.7. The van der Waals surface area contributed by atoms with Crippen molar-refractivity contribution in [1.82, 2.24) is 14.4 Å². The van der Waals surface area contributed by atoms with Gasteiger partial charge in [-0.2, -0.15) is 4.31 Å². The standard InChI is InChI=1S/C15H23N3O5S/c1-11-9-13(16-23-11)15(19)17-5-3-12-10-18(7-8-22-2)24(20,21)14(12)4-6-17/h9,12,14H,3-8,10H2,1-2H3/t12-,14-/m1/s1. The van der Waals surface area contributed by atoms with E-state index in [1.807, 2.05) is 0 Å². The SMILES string of the molecule is COCCN1C[C@H]2CCN(C(=O)c3cc(C)on3)CC[C@H]2S1(=O)=O. The Hall–Kier alpha value is -1.45. The van der Waals surface area contributed by atoms with E-state index in [0.29, 0.717) is 51.4 Å². The molecule has 2 fully saturated rings. The minimum Gasteiger partial charge on any atom is -0.383 e. The Bertz CT molecular complexity index is 702. The molecule has 2 saturated heterocycles. The summed E-state index contributed by atoms with van der Waals surface area (Å²) in [5, 5.41) is 3.35. The molecule has 1 amide bonds. The number of rotatable bonds is 4. The van der Waals surface area contributed by atoms with Crippen molar-refractivity contribution in [3.63, 3.8) is 0 Å². The van der Waals surface area contributed by atoms with Crippen molar-refractivity contribution >= 4 is 15.9 Å². The number of ether oxygens (including phenoxy) is 1. The van der Waals surface area contributed by atoms with Gasteiger partial charge < -0.3 is 14.2 Å². The molecule has 3 rings (SSSR count). The maximum Gasteiger partial charge on any atom is 0.276 e. The molecule has 1 aromatic rings. The number of aromatic nitrogens is 1. The number of carbonyl (C=O) groups excluding carboxylic acids is 1. The molecule has 0 aliphatic carbocycles. The smallest absolute Gasteiger partial charge is 0.276 e. The lowest BCUT2D eigenvalue weighted by Crippen LogP contribution is -2.35. The third-order valence-corrected chi connectivity index (χ3v) is 7.28. The Balaban J connectivity index is 1.68. The molecule has 0 radical (unpaired) electrons. The number of fused-ring (bicyclic) bond motifs is 1. The van der Waals surface area contributed by atoms with Gasteiger partial charge in [-0.05, 0) is 25.7 Å². The second-order valence-corrected chi connectivity index (χ2v) is 8.54. The fraction of sp³-hybridized carbons (Fsp3) is 0.733. The molecule has 3 heterocycles. The van der Waals surface area contributed by atoms with Gasteiger partial charge in [-0.15, -0.1) is 0 Å². The van der Waals surface area contributed by atoms with Gasteiger partial charge in [0.25, 0.3) is 5.91 Å². The lowest BCUT2D eigenvalue weighted by Gasteiger charge is -2.21. The molecule has 8 nitrogen and oxygen atoms in total. The summed E-state index contributed by atoms with van der Waals surface area (Å²) in [6.07, 6.45) is 1.13. The van der Waals surface area contributed by atoms with Crippen LogP contribution in [0.3, 0.4) is 0 Å². The van der Waals surface area contributed by atoms with Crippen LogP contribution in [-0.2, 0) is 14.8 Å². The molecule has 0 aromatic carbocycles. The van der Waals surface area contributed by atoms with E-state index < -0.39 is 15.3 Å². The van der Waals surface area contributed by atoms with Crippen molar-refractivity contribution in [3.05, 3.63) is 17.5 Å². The predicted molar refractivity (Wildman–Crippen MR) is 86.0 cm³/mol. The van der Waals surface area contributed by atoms with Gasteiger partial charge in [-0.25, -0.2) is 8.42 Å². The van der Waals surface area contributed by atoms with E-state index in [1.165, 1.54) is 4.31 Å². The van der Waals surface area contributed by atoms with Crippen molar-refractivity contribution in [3.8, 4) is 0 Å². The van der Waals surface area contributed by atoms with Crippen molar-refractivity contribution in [1.29, 1.82) is 0 Å². The van der Waals surface area contributed by atoms with Crippen LogP contribution >= 0.6 is 0 Å². The van der Waals surface area contributed by atoms with Gasteiger partial charge in [0, 0.05) is 39.4 Å². The first kappa shape index (κ1) is 17.4. The van der Waals surface area contributed by atoms with Crippen molar-refractivity contribution < 1.29 is 22.5 Å². The first-order valence-electron chi connectivity index (χ1n) is 8.14. The first-order chi connectivity index (χ1) is 11.4. The summed E-state index contributed by atoms with van der Waals surface area (Å²) in [7, 11) is -1.75. The minimum atomic E-state index is -3.31. The Kier molecular flexibility index (Phi) is 4.93. The number of hydrogen-bond acceptors (Lipinski definition) is 6. The Labute approximate surface area is 141 Å². The van der Waals surface area contributed by atoms with Crippen molar-refractivity contribution in [2.24, 2.45) is 5.92 Å².